The molecule has 2 aromatic carbocycles. The normalized spacial score (nSPS) is 17.2. The summed E-state index contributed by atoms with van der Waals surface area (Å²) in [6, 6.07) is 12.6. The molecule has 130 valence electrons. The number of nitrogens with two attached hydrogens (primary N) is 1. The predicted molar refractivity (Wildman–Crippen MR) is 90.5 cm³/mol. The van der Waals surface area contributed by atoms with Crippen LogP contribution in [0.15, 0.2) is 48.5 Å². The fourth-order valence-corrected chi connectivity index (χ4v) is 2.87. The van der Waals surface area contributed by atoms with Gasteiger partial charge in [-0.1, -0.05) is 12.1 Å². The van der Waals surface area contributed by atoms with Crippen LogP contribution in [0.2, 0.25) is 0 Å². The van der Waals surface area contributed by atoms with Gasteiger partial charge in [0.25, 0.3) is 5.91 Å². The van der Waals surface area contributed by atoms with E-state index in [2.05, 4.69) is 0 Å². The first kappa shape index (κ1) is 17.1. The third kappa shape index (κ3) is 3.85. The lowest BCUT2D eigenvalue weighted by atomic mass is 10.2. The number of nitrogens with zero attached hydrogens (tertiary/aromatic N) is 1. The Morgan fingerprint density at radius 1 is 1.12 bits per heavy atom. The Bertz CT molecular complexity index is 759. The SMILES string of the molecule is CCOc1ccc(N2C(=O)CC([NH2+]Cc3ccc(F)cc3)C2=O)cc1. The fourth-order valence-electron chi connectivity index (χ4n) is 2.87. The largest absolute Gasteiger partial charge is 0.494 e. The number of anilines is 1. The van der Waals surface area contributed by atoms with E-state index in [0.717, 1.165) is 5.56 Å². The van der Waals surface area contributed by atoms with Crippen molar-refractivity contribution >= 4 is 17.5 Å². The molecule has 0 spiro atoms. The van der Waals surface area contributed by atoms with E-state index in [0.29, 0.717) is 24.6 Å². The van der Waals surface area contributed by atoms with E-state index in [1.807, 2.05) is 12.2 Å². The Kier molecular flexibility index (Phi) is 5.09. The molecule has 3 rings (SSSR count). The number of benzene rings is 2. The lowest BCUT2D eigenvalue weighted by Gasteiger charge is -2.15. The highest BCUT2D eigenvalue weighted by Crippen LogP contribution is 2.24. The predicted octanol–water partition coefficient (Wildman–Crippen LogP) is 1.62. The molecule has 1 unspecified atom stereocenters. The maximum absolute atomic E-state index is 12.9. The summed E-state index contributed by atoms with van der Waals surface area (Å²) in [5, 5.41) is 1.82. The maximum atomic E-state index is 12.9. The summed E-state index contributed by atoms with van der Waals surface area (Å²) in [6.07, 6.45) is 0.160. The highest BCUT2D eigenvalue weighted by molar-refractivity contribution is 6.21. The summed E-state index contributed by atoms with van der Waals surface area (Å²) in [5.41, 5.74) is 1.46. The van der Waals surface area contributed by atoms with E-state index < -0.39 is 6.04 Å². The molecule has 0 aromatic heterocycles. The van der Waals surface area contributed by atoms with Crippen molar-refractivity contribution in [2.45, 2.75) is 25.9 Å². The van der Waals surface area contributed by atoms with Gasteiger partial charge in [0.2, 0.25) is 5.91 Å². The minimum absolute atomic E-state index is 0.160. The summed E-state index contributed by atoms with van der Waals surface area (Å²) in [7, 11) is 0. The molecule has 1 aliphatic rings. The quantitative estimate of drug-likeness (QED) is 0.811. The monoisotopic (exact) mass is 343 g/mol. The van der Waals surface area contributed by atoms with Crippen LogP contribution < -0.4 is 15.0 Å². The van der Waals surface area contributed by atoms with Gasteiger partial charge in [0, 0.05) is 5.56 Å². The van der Waals surface area contributed by atoms with Crippen LogP contribution in [-0.2, 0) is 16.1 Å². The Labute approximate surface area is 145 Å². The summed E-state index contributed by atoms with van der Waals surface area (Å²) < 4.78 is 18.3. The molecule has 0 bridgehead atoms. The number of hydrogen-bond acceptors (Lipinski definition) is 3. The molecule has 1 fully saturated rings. The second kappa shape index (κ2) is 7.44. The van der Waals surface area contributed by atoms with Crippen molar-refractivity contribution < 1.29 is 24.0 Å². The van der Waals surface area contributed by atoms with Crippen molar-refractivity contribution in [1.29, 1.82) is 0 Å². The molecule has 1 aliphatic heterocycles. The van der Waals surface area contributed by atoms with Crippen molar-refractivity contribution in [2.75, 3.05) is 11.5 Å². The highest BCUT2D eigenvalue weighted by Gasteiger charge is 2.42. The molecule has 5 nitrogen and oxygen atoms in total. The maximum Gasteiger partial charge on any atom is 0.292 e. The van der Waals surface area contributed by atoms with Gasteiger partial charge in [0.15, 0.2) is 6.04 Å². The number of carbonyl (C=O) groups is 2. The Morgan fingerprint density at radius 3 is 2.44 bits per heavy atom. The number of amides is 2. The lowest BCUT2D eigenvalue weighted by molar-refractivity contribution is -0.690. The fraction of sp³-hybridized carbons (Fsp3) is 0.263. The second-order valence-corrected chi connectivity index (χ2v) is 5.87. The topological polar surface area (TPSA) is 63.2 Å². The van der Waals surface area contributed by atoms with Gasteiger partial charge >= 0.3 is 0 Å². The molecule has 1 atom stereocenters. The molecule has 0 aliphatic carbocycles. The summed E-state index contributed by atoms with van der Waals surface area (Å²) >= 11 is 0. The number of ether oxygens (including phenoxy) is 1. The molecule has 0 radical (unpaired) electrons. The van der Waals surface area contributed by atoms with Crippen molar-refractivity contribution in [3.05, 3.63) is 59.9 Å². The van der Waals surface area contributed by atoms with Crippen molar-refractivity contribution in [3.63, 3.8) is 0 Å². The van der Waals surface area contributed by atoms with E-state index in [9.17, 15) is 14.0 Å². The number of carbonyl (C=O) groups excluding carboxylic acids is 2. The first-order valence-electron chi connectivity index (χ1n) is 8.26. The summed E-state index contributed by atoms with van der Waals surface area (Å²) in [4.78, 5) is 26.1. The average molecular weight is 343 g/mol. The van der Waals surface area contributed by atoms with Crippen LogP contribution >= 0.6 is 0 Å². The van der Waals surface area contributed by atoms with E-state index in [-0.39, 0.29) is 24.1 Å². The highest BCUT2D eigenvalue weighted by atomic mass is 19.1. The first-order chi connectivity index (χ1) is 12.1. The van der Waals surface area contributed by atoms with Crippen LogP contribution in [0.25, 0.3) is 0 Å². The first-order valence-corrected chi connectivity index (χ1v) is 8.26. The third-order valence-electron chi connectivity index (χ3n) is 4.14. The standard InChI is InChI=1S/C19H19FN2O3/c1-2-25-16-9-7-15(8-10-16)22-18(23)11-17(19(22)24)21-12-13-3-5-14(20)6-4-13/h3-10,17,21H,2,11-12H2,1H3/p+1. The number of quaternary nitrogens is 1. The molecular weight excluding hydrogens is 323 g/mol. The summed E-state index contributed by atoms with van der Waals surface area (Å²) in [5.74, 6) is -0.0342. The summed E-state index contributed by atoms with van der Waals surface area (Å²) in [6.45, 7) is 2.96. The number of halogens is 1. The zero-order chi connectivity index (χ0) is 17.8. The van der Waals surface area contributed by atoms with E-state index >= 15 is 0 Å². The number of imide groups is 1. The van der Waals surface area contributed by atoms with Gasteiger partial charge < -0.3 is 10.1 Å². The van der Waals surface area contributed by atoms with Crippen molar-refractivity contribution in [1.82, 2.24) is 0 Å². The van der Waals surface area contributed by atoms with Crippen LogP contribution in [-0.4, -0.2) is 24.5 Å². The second-order valence-electron chi connectivity index (χ2n) is 5.87. The molecule has 2 amide bonds. The van der Waals surface area contributed by atoms with Gasteiger partial charge in [-0.3, -0.25) is 9.59 Å². The van der Waals surface area contributed by atoms with E-state index in [1.165, 1.54) is 17.0 Å². The lowest BCUT2D eigenvalue weighted by Crippen LogP contribution is -2.90. The molecular formula is C19H20FN2O3+. The van der Waals surface area contributed by atoms with Crippen LogP contribution in [0.3, 0.4) is 0 Å². The molecule has 25 heavy (non-hydrogen) atoms. The van der Waals surface area contributed by atoms with Gasteiger partial charge in [-0.2, -0.15) is 0 Å². The zero-order valence-electron chi connectivity index (χ0n) is 13.9. The van der Waals surface area contributed by atoms with Crippen LogP contribution in [0.5, 0.6) is 5.75 Å². The molecule has 6 heteroatoms. The number of hydrogen-bond donors (Lipinski definition) is 1. The minimum Gasteiger partial charge on any atom is -0.494 e. The van der Waals surface area contributed by atoms with E-state index in [1.54, 1.807) is 36.4 Å². The van der Waals surface area contributed by atoms with Gasteiger partial charge in [-0.25, -0.2) is 9.29 Å². The van der Waals surface area contributed by atoms with Gasteiger partial charge in [-0.15, -0.1) is 0 Å². The minimum atomic E-state index is -0.455. The number of rotatable bonds is 6. The van der Waals surface area contributed by atoms with Gasteiger partial charge in [0.1, 0.15) is 18.1 Å². The van der Waals surface area contributed by atoms with Crippen molar-refractivity contribution in [2.24, 2.45) is 0 Å². The molecule has 2 aromatic rings. The Hall–Kier alpha value is -2.73. The molecule has 0 saturated carbocycles. The Balaban J connectivity index is 1.66. The molecule has 1 heterocycles. The Morgan fingerprint density at radius 2 is 1.80 bits per heavy atom. The smallest absolute Gasteiger partial charge is 0.292 e. The van der Waals surface area contributed by atoms with Gasteiger partial charge in [0.05, 0.1) is 18.7 Å². The molecule has 1 saturated heterocycles. The van der Waals surface area contributed by atoms with Gasteiger partial charge in [-0.05, 0) is 43.3 Å². The molecule has 2 N–H and O–H groups in total. The van der Waals surface area contributed by atoms with Crippen molar-refractivity contribution in [3.8, 4) is 5.75 Å². The van der Waals surface area contributed by atoms with Crippen LogP contribution in [0.4, 0.5) is 10.1 Å². The zero-order valence-corrected chi connectivity index (χ0v) is 13.9. The van der Waals surface area contributed by atoms with E-state index in [4.69, 9.17) is 4.74 Å². The average Bonchev–Trinajstić information content (AvgIpc) is 2.89. The van der Waals surface area contributed by atoms with Crippen LogP contribution in [0, 0.1) is 5.82 Å². The third-order valence-corrected chi connectivity index (χ3v) is 4.14. The van der Waals surface area contributed by atoms with Crippen LogP contribution in [0.1, 0.15) is 18.9 Å².